The predicted molar refractivity (Wildman–Crippen MR) is 90.1 cm³/mol. The third-order valence-electron chi connectivity index (χ3n) is 3.98. The van der Waals surface area contributed by atoms with Crippen LogP contribution in [0.3, 0.4) is 0 Å². The topological polar surface area (TPSA) is 72.4 Å². The summed E-state index contributed by atoms with van der Waals surface area (Å²) in [6.45, 7) is 6.59. The van der Waals surface area contributed by atoms with Gasteiger partial charge >= 0.3 is 0 Å². The third-order valence-corrected chi connectivity index (χ3v) is 5.85. The van der Waals surface area contributed by atoms with Gasteiger partial charge in [-0.05, 0) is 39.0 Å². The zero-order valence-corrected chi connectivity index (χ0v) is 14.9. The average molecular weight is 347 g/mol. The Morgan fingerprint density at radius 2 is 1.71 bits per heavy atom. The lowest BCUT2D eigenvalue weighted by Crippen LogP contribution is -2.42. The van der Waals surface area contributed by atoms with Crippen molar-refractivity contribution in [2.45, 2.75) is 31.8 Å². The third kappa shape index (κ3) is 3.48. The Labute approximate surface area is 142 Å². The molecule has 0 aliphatic carbocycles. The summed E-state index contributed by atoms with van der Waals surface area (Å²) in [6, 6.07) is 8.77. The van der Waals surface area contributed by atoms with Crippen LogP contribution in [0.2, 0.25) is 0 Å². The summed E-state index contributed by atoms with van der Waals surface area (Å²) in [6.07, 6.45) is -0.447. The Bertz CT molecular complexity index is 814. The molecular weight excluding hydrogens is 326 g/mol. The second-order valence-corrected chi connectivity index (χ2v) is 7.98. The van der Waals surface area contributed by atoms with Crippen molar-refractivity contribution in [3.05, 3.63) is 53.1 Å². The van der Waals surface area contributed by atoms with E-state index >= 15 is 0 Å². The van der Waals surface area contributed by atoms with Gasteiger partial charge in [-0.1, -0.05) is 17.7 Å². The number of nitrogens with zero attached hydrogens (tertiary/aromatic N) is 3. The minimum atomic E-state index is -3.54. The Morgan fingerprint density at radius 1 is 1.08 bits per heavy atom. The van der Waals surface area contributed by atoms with Crippen molar-refractivity contribution in [1.29, 1.82) is 0 Å². The van der Waals surface area contributed by atoms with Crippen LogP contribution in [0.5, 0.6) is 0 Å². The van der Waals surface area contributed by atoms with Gasteiger partial charge < -0.3 is 4.74 Å². The second-order valence-electron chi connectivity index (χ2n) is 6.04. The molecule has 0 saturated carbocycles. The number of ether oxygens (including phenoxy) is 1. The van der Waals surface area contributed by atoms with Crippen LogP contribution in [0.1, 0.15) is 28.9 Å². The molecule has 128 valence electrons. The van der Waals surface area contributed by atoms with Gasteiger partial charge in [0.1, 0.15) is 6.10 Å². The number of sulfonamides is 1. The fourth-order valence-electron chi connectivity index (χ4n) is 2.76. The molecule has 0 radical (unpaired) electrons. The Morgan fingerprint density at radius 3 is 2.33 bits per heavy atom. The number of morpholine rings is 1. The van der Waals surface area contributed by atoms with Crippen molar-refractivity contribution in [2.24, 2.45) is 0 Å². The molecule has 6 nitrogen and oxygen atoms in total. The summed E-state index contributed by atoms with van der Waals surface area (Å²) in [4.78, 5) is 9.10. The van der Waals surface area contributed by atoms with E-state index in [-0.39, 0.29) is 6.54 Å². The predicted octanol–water partition coefficient (Wildman–Crippen LogP) is 2.16. The quantitative estimate of drug-likeness (QED) is 0.851. The molecule has 0 spiro atoms. The first kappa shape index (κ1) is 17.0. The number of hydrogen-bond donors (Lipinski definition) is 0. The van der Waals surface area contributed by atoms with Crippen LogP contribution in [-0.2, 0) is 14.8 Å². The Kier molecular flexibility index (Phi) is 4.67. The molecule has 1 fully saturated rings. The number of aromatic nitrogens is 2. The van der Waals surface area contributed by atoms with Crippen LogP contribution in [0.25, 0.3) is 0 Å². The summed E-state index contributed by atoms with van der Waals surface area (Å²) in [5.41, 5.74) is 2.72. The van der Waals surface area contributed by atoms with Gasteiger partial charge in [-0.25, -0.2) is 18.4 Å². The molecule has 0 unspecified atom stereocenters. The molecule has 1 saturated heterocycles. The van der Waals surface area contributed by atoms with Gasteiger partial charge in [-0.3, -0.25) is 0 Å². The molecule has 2 aromatic rings. The van der Waals surface area contributed by atoms with Crippen molar-refractivity contribution >= 4 is 10.0 Å². The molecule has 0 bridgehead atoms. The molecule has 0 N–H and O–H groups in total. The number of hydrogen-bond acceptors (Lipinski definition) is 5. The smallest absolute Gasteiger partial charge is 0.243 e. The molecule has 1 aromatic carbocycles. The lowest BCUT2D eigenvalue weighted by atomic mass is 10.2. The highest BCUT2D eigenvalue weighted by atomic mass is 32.2. The van der Waals surface area contributed by atoms with E-state index in [0.29, 0.717) is 23.9 Å². The van der Waals surface area contributed by atoms with Crippen molar-refractivity contribution in [3.63, 3.8) is 0 Å². The van der Waals surface area contributed by atoms with Crippen LogP contribution in [0, 0.1) is 20.8 Å². The van der Waals surface area contributed by atoms with E-state index in [1.165, 1.54) is 4.31 Å². The SMILES string of the molecule is Cc1ccc(S(=O)(=O)N2CCO[C@@H](c3nc(C)cc(C)n3)C2)cc1. The maximum absolute atomic E-state index is 12.8. The minimum Gasteiger partial charge on any atom is -0.367 e. The zero-order chi connectivity index (χ0) is 17.3. The highest BCUT2D eigenvalue weighted by Crippen LogP contribution is 2.25. The van der Waals surface area contributed by atoms with Crippen molar-refractivity contribution < 1.29 is 13.2 Å². The maximum atomic E-state index is 12.8. The molecule has 1 aromatic heterocycles. The summed E-state index contributed by atoms with van der Waals surface area (Å²) in [5.74, 6) is 0.538. The van der Waals surface area contributed by atoms with Crippen molar-refractivity contribution in [2.75, 3.05) is 19.7 Å². The molecular formula is C17H21N3O3S. The van der Waals surface area contributed by atoms with Crippen LogP contribution in [0.15, 0.2) is 35.2 Å². The van der Waals surface area contributed by atoms with Gasteiger partial charge in [0.05, 0.1) is 11.5 Å². The number of rotatable bonds is 3. The molecule has 7 heteroatoms. The van der Waals surface area contributed by atoms with Gasteiger partial charge in [-0.2, -0.15) is 4.31 Å². The average Bonchev–Trinajstić information content (AvgIpc) is 2.54. The fourth-order valence-corrected chi connectivity index (χ4v) is 4.18. The van der Waals surface area contributed by atoms with Gasteiger partial charge in [0.15, 0.2) is 5.82 Å². The van der Waals surface area contributed by atoms with E-state index in [2.05, 4.69) is 9.97 Å². The highest BCUT2D eigenvalue weighted by Gasteiger charge is 2.32. The summed E-state index contributed by atoms with van der Waals surface area (Å²) < 4.78 is 32.9. The lowest BCUT2D eigenvalue weighted by Gasteiger charge is -2.31. The monoisotopic (exact) mass is 347 g/mol. The highest BCUT2D eigenvalue weighted by molar-refractivity contribution is 7.89. The van der Waals surface area contributed by atoms with Crippen LogP contribution >= 0.6 is 0 Å². The Hall–Kier alpha value is -1.83. The van der Waals surface area contributed by atoms with E-state index in [1.807, 2.05) is 26.8 Å². The first-order valence-corrected chi connectivity index (χ1v) is 9.31. The molecule has 2 heterocycles. The van der Waals surface area contributed by atoms with E-state index in [1.54, 1.807) is 24.3 Å². The van der Waals surface area contributed by atoms with E-state index in [0.717, 1.165) is 17.0 Å². The first-order valence-electron chi connectivity index (χ1n) is 7.87. The van der Waals surface area contributed by atoms with E-state index < -0.39 is 16.1 Å². The standard InChI is InChI=1S/C17H21N3O3S/c1-12-4-6-15(7-5-12)24(21,22)20-8-9-23-16(11-20)17-18-13(2)10-14(3)19-17/h4-7,10,16H,8-9,11H2,1-3H3/t16-/m1/s1. The van der Waals surface area contributed by atoms with E-state index in [9.17, 15) is 8.42 Å². The summed E-state index contributed by atoms with van der Waals surface area (Å²) in [5, 5.41) is 0. The van der Waals surface area contributed by atoms with Crippen LogP contribution in [-0.4, -0.2) is 42.4 Å². The fraction of sp³-hybridized carbons (Fsp3) is 0.412. The summed E-state index contributed by atoms with van der Waals surface area (Å²) >= 11 is 0. The first-order chi connectivity index (χ1) is 11.4. The zero-order valence-electron chi connectivity index (χ0n) is 14.1. The molecule has 1 atom stereocenters. The molecule has 1 aliphatic heterocycles. The molecule has 1 aliphatic rings. The molecule has 24 heavy (non-hydrogen) atoms. The maximum Gasteiger partial charge on any atom is 0.243 e. The Balaban J connectivity index is 1.86. The minimum absolute atomic E-state index is 0.221. The second kappa shape index (κ2) is 6.58. The lowest BCUT2D eigenvalue weighted by molar-refractivity contribution is -0.00769. The van der Waals surface area contributed by atoms with Gasteiger partial charge in [-0.15, -0.1) is 0 Å². The molecule has 0 amide bonds. The van der Waals surface area contributed by atoms with Crippen molar-refractivity contribution in [1.82, 2.24) is 14.3 Å². The van der Waals surface area contributed by atoms with Gasteiger partial charge in [0, 0.05) is 24.5 Å². The van der Waals surface area contributed by atoms with Crippen LogP contribution < -0.4 is 0 Å². The number of aryl methyl sites for hydroxylation is 3. The summed E-state index contributed by atoms with van der Waals surface area (Å²) in [7, 11) is -3.54. The largest absolute Gasteiger partial charge is 0.367 e. The van der Waals surface area contributed by atoms with Crippen LogP contribution in [0.4, 0.5) is 0 Å². The van der Waals surface area contributed by atoms with Gasteiger partial charge in [0.25, 0.3) is 0 Å². The van der Waals surface area contributed by atoms with Crippen molar-refractivity contribution in [3.8, 4) is 0 Å². The number of benzene rings is 1. The molecule has 3 rings (SSSR count). The van der Waals surface area contributed by atoms with Gasteiger partial charge in [0.2, 0.25) is 10.0 Å². The van der Waals surface area contributed by atoms with E-state index in [4.69, 9.17) is 4.74 Å². The normalized spacial score (nSPS) is 19.4.